The van der Waals surface area contributed by atoms with Crippen LogP contribution in [0.5, 0.6) is 0 Å². The zero-order valence-corrected chi connectivity index (χ0v) is 14.2. The average molecular weight is 328 g/mol. The normalized spacial score (nSPS) is 17.7. The molecule has 1 aromatic rings. The van der Waals surface area contributed by atoms with Gasteiger partial charge in [0.25, 0.3) is 0 Å². The minimum Gasteiger partial charge on any atom is -0.350 e. The van der Waals surface area contributed by atoms with Crippen LogP contribution in [0.2, 0.25) is 0 Å². The third kappa shape index (κ3) is 4.90. The maximum atomic E-state index is 13.1. The first-order chi connectivity index (χ1) is 10.7. The van der Waals surface area contributed by atoms with Gasteiger partial charge in [0.1, 0.15) is 0 Å². The molecule has 1 saturated heterocycles. The van der Waals surface area contributed by atoms with Crippen molar-refractivity contribution in [2.24, 2.45) is 0 Å². The molecule has 1 fully saturated rings. The van der Waals surface area contributed by atoms with Crippen LogP contribution in [0.4, 0.5) is 0 Å². The number of rotatable bonds is 9. The lowest BCUT2D eigenvalue weighted by molar-refractivity contribution is -0.0483. The van der Waals surface area contributed by atoms with Crippen LogP contribution >= 0.6 is 7.60 Å². The van der Waals surface area contributed by atoms with Gasteiger partial charge < -0.3 is 18.5 Å². The second kappa shape index (κ2) is 8.80. The monoisotopic (exact) mass is 328 g/mol. The Morgan fingerprint density at radius 1 is 1.14 bits per heavy atom. The molecule has 1 atom stereocenters. The molecule has 1 aromatic carbocycles. The lowest BCUT2D eigenvalue weighted by atomic mass is 10.1. The fourth-order valence-corrected chi connectivity index (χ4v) is 4.66. The zero-order chi connectivity index (χ0) is 15.8. The first-order valence-electron chi connectivity index (χ1n) is 7.84. The molecule has 22 heavy (non-hydrogen) atoms. The highest BCUT2D eigenvalue weighted by Crippen LogP contribution is 2.55. The Hall–Kier alpha value is -0.710. The quantitative estimate of drug-likeness (QED) is 0.648. The van der Waals surface area contributed by atoms with Gasteiger partial charge in [-0.2, -0.15) is 0 Å². The van der Waals surface area contributed by atoms with Gasteiger partial charge >= 0.3 is 7.60 Å². The molecule has 1 unspecified atom stereocenters. The predicted molar refractivity (Wildman–Crippen MR) is 85.1 cm³/mol. The summed E-state index contributed by atoms with van der Waals surface area (Å²) in [5, 5.41) is 0. The molecular formula is C16H25O5P. The van der Waals surface area contributed by atoms with Crippen LogP contribution in [-0.2, 0) is 29.5 Å². The van der Waals surface area contributed by atoms with E-state index in [0.717, 1.165) is 5.56 Å². The summed E-state index contributed by atoms with van der Waals surface area (Å²) in [6, 6.07) is 9.95. The van der Waals surface area contributed by atoms with Crippen molar-refractivity contribution in [3.63, 3.8) is 0 Å². The fraction of sp³-hybridized carbons (Fsp3) is 0.625. The third-order valence-corrected chi connectivity index (χ3v) is 6.06. The van der Waals surface area contributed by atoms with Crippen molar-refractivity contribution in [1.82, 2.24) is 0 Å². The summed E-state index contributed by atoms with van der Waals surface area (Å²) in [6.07, 6.45) is 0.788. The molecule has 0 saturated carbocycles. The summed E-state index contributed by atoms with van der Waals surface area (Å²) in [6.45, 7) is 5.53. The van der Waals surface area contributed by atoms with Gasteiger partial charge in [-0.25, -0.2) is 0 Å². The van der Waals surface area contributed by atoms with Crippen molar-refractivity contribution < 1.29 is 23.1 Å². The van der Waals surface area contributed by atoms with Crippen molar-refractivity contribution in [3.05, 3.63) is 35.9 Å². The van der Waals surface area contributed by atoms with Crippen LogP contribution in [-0.4, -0.2) is 38.4 Å². The number of ether oxygens (including phenoxy) is 2. The predicted octanol–water partition coefficient (Wildman–Crippen LogP) is 3.63. The third-order valence-electron chi connectivity index (χ3n) is 3.53. The highest BCUT2D eigenvalue weighted by molar-refractivity contribution is 7.54. The van der Waals surface area contributed by atoms with Crippen molar-refractivity contribution in [2.75, 3.05) is 26.4 Å². The first-order valence-corrected chi connectivity index (χ1v) is 9.45. The van der Waals surface area contributed by atoms with Gasteiger partial charge in [-0.3, -0.25) is 4.57 Å². The van der Waals surface area contributed by atoms with Gasteiger partial charge in [-0.15, -0.1) is 0 Å². The minimum atomic E-state index is -3.21. The molecule has 1 aliphatic rings. The van der Waals surface area contributed by atoms with Gasteiger partial charge in [0, 0.05) is 6.42 Å². The van der Waals surface area contributed by atoms with Crippen LogP contribution in [0.25, 0.3) is 0 Å². The topological polar surface area (TPSA) is 54.0 Å². The number of hydrogen-bond acceptors (Lipinski definition) is 5. The molecule has 0 N–H and O–H groups in total. The summed E-state index contributed by atoms with van der Waals surface area (Å²) in [5.74, 6) is 0. The smallest absolute Gasteiger partial charge is 0.334 e. The molecular weight excluding hydrogens is 303 g/mol. The largest absolute Gasteiger partial charge is 0.350 e. The summed E-state index contributed by atoms with van der Waals surface area (Å²) in [5.41, 5.74) is 0.822. The molecule has 1 aliphatic heterocycles. The summed E-state index contributed by atoms with van der Waals surface area (Å²) in [4.78, 5) is 0. The van der Waals surface area contributed by atoms with Gasteiger partial charge in [0.15, 0.2) is 6.29 Å². The first kappa shape index (κ1) is 17.6. The molecule has 0 aromatic heterocycles. The van der Waals surface area contributed by atoms with E-state index in [1.54, 1.807) is 0 Å². The minimum absolute atomic E-state index is 0.280. The van der Waals surface area contributed by atoms with E-state index in [4.69, 9.17) is 18.5 Å². The molecule has 0 radical (unpaired) electrons. The Morgan fingerprint density at radius 2 is 1.73 bits per heavy atom. The molecule has 0 amide bonds. The van der Waals surface area contributed by atoms with E-state index < -0.39 is 7.60 Å². The molecule has 1 heterocycles. The number of benzene rings is 1. The Bertz CT molecular complexity index is 463. The zero-order valence-electron chi connectivity index (χ0n) is 13.3. The van der Waals surface area contributed by atoms with E-state index in [-0.39, 0.29) is 11.9 Å². The van der Waals surface area contributed by atoms with Gasteiger partial charge in [-0.05, 0) is 25.8 Å². The average Bonchev–Trinajstić information content (AvgIpc) is 3.01. The lowest BCUT2D eigenvalue weighted by Gasteiger charge is -2.27. The standard InChI is InChI=1S/C16H25O5P/c1-3-20-22(17,21-4-2)15(13-16-18-10-11-19-16)12-14-8-6-5-7-9-14/h5-9,15-16H,3-4,10-13H2,1-2H3. The molecule has 2 rings (SSSR count). The number of hydrogen-bond donors (Lipinski definition) is 0. The van der Waals surface area contributed by atoms with E-state index in [1.807, 2.05) is 44.2 Å². The summed E-state index contributed by atoms with van der Waals surface area (Å²) < 4.78 is 35.3. The Kier molecular flexibility index (Phi) is 7.06. The highest BCUT2D eigenvalue weighted by atomic mass is 31.2. The molecule has 124 valence electrons. The maximum Gasteiger partial charge on any atom is 0.334 e. The second-order valence-corrected chi connectivity index (χ2v) is 7.45. The van der Waals surface area contributed by atoms with Gasteiger partial charge in [0.05, 0.1) is 32.1 Å². The maximum absolute atomic E-state index is 13.1. The molecule has 0 aliphatic carbocycles. The molecule has 5 nitrogen and oxygen atoms in total. The lowest BCUT2D eigenvalue weighted by Crippen LogP contribution is -2.23. The Balaban J connectivity index is 2.16. The molecule has 0 spiro atoms. The van der Waals surface area contributed by atoms with Crippen LogP contribution in [0.3, 0.4) is 0 Å². The van der Waals surface area contributed by atoms with Crippen molar-refractivity contribution in [2.45, 2.75) is 38.6 Å². The van der Waals surface area contributed by atoms with Crippen molar-refractivity contribution >= 4 is 7.60 Å². The summed E-state index contributed by atoms with van der Waals surface area (Å²) >= 11 is 0. The fourth-order valence-electron chi connectivity index (χ4n) is 2.58. The van der Waals surface area contributed by atoms with E-state index in [1.165, 1.54) is 0 Å². The van der Waals surface area contributed by atoms with Crippen LogP contribution in [0.15, 0.2) is 30.3 Å². The van der Waals surface area contributed by atoms with Gasteiger partial charge in [0.2, 0.25) is 0 Å². The SMILES string of the molecule is CCOP(=O)(OCC)C(Cc1ccccc1)CC1OCCO1. The van der Waals surface area contributed by atoms with Crippen molar-refractivity contribution in [1.29, 1.82) is 0 Å². The van der Waals surface area contributed by atoms with Crippen LogP contribution in [0, 0.1) is 0 Å². The van der Waals surface area contributed by atoms with E-state index >= 15 is 0 Å². The summed E-state index contributed by atoms with van der Waals surface area (Å²) in [7, 11) is -3.21. The van der Waals surface area contributed by atoms with E-state index in [0.29, 0.717) is 39.3 Å². The molecule has 0 bridgehead atoms. The van der Waals surface area contributed by atoms with Crippen LogP contribution in [0.1, 0.15) is 25.8 Å². The van der Waals surface area contributed by atoms with Crippen molar-refractivity contribution in [3.8, 4) is 0 Å². The Labute approximate surface area is 132 Å². The highest BCUT2D eigenvalue weighted by Gasteiger charge is 2.38. The molecule has 6 heteroatoms. The van der Waals surface area contributed by atoms with Crippen LogP contribution < -0.4 is 0 Å². The second-order valence-electron chi connectivity index (χ2n) is 5.13. The van der Waals surface area contributed by atoms with E-state index in [2.05, 4.69) is 0 Å². The Morgan fingerprint density at radius 3 is 2.27 bits per heavy atom. The van der Waals surface area contributed by atoms with Gasteiger partial charge in [-0.1, -0.05) is 30.3 Å². The van der Waals surface area contributed by atoms with E-state index in [9.17, 15) is 4.57 Å².